The molecule has 0 bridgehead atoms. The van der Waals surface area contributed by atoms with E-state index in [2.05, 4.69) is 6.92 Å². The zero-order valence-electron chi connectivity index (χ0n) is 10.4. The molecule has 1 saturated carbocycles. The molecule has 1 atom stereocenters. The summed E-state index contributed by atoms with van der Waals surface area (Å²) in [6.07, 6.45) is 7.24. The van der Waals surface area contributed by atoms with E-state index in [0.717, 1.165) is 38.5 Å². The molecule has 2 fully saturated rings. The average Bonchev–Trinajstić information content (AvgIpc) is 2.95. The van der Waals surface area contributed by atoms with Gasteiger partial charge in [0, 0.05) is 0 Å². The summed E-state index contributed by atoms with van der Waals surface area (Å²) >= 11 is 0. The Bertz CT molecular complexity index is 270. The van der Waals surface area contributed by atoms with Gasteiger partial charge in [-0.05, 0) is 32.1 Å². The highest BCUT2D eigenvalue weighted by atomic mass is 16.7. The number of esters is 1. The van der Waals surface area contributed by atoms with Gasteiger partial charge in [-0.15, -0.1) is 0 Å². The molecule has 3 nitrogen and oxygen atoms in total. The van der Waals surface area contributed by atoms with E-state index in [9.17, 15) is 4.79 Å². The smallest absolute Gasteiger partial charge is 0.341 e. The maximum atomic E-state index is 12.0. The van der Waals surface area contributed by atoms with Gasteiger partial charge in [-0.3, -0.25) is 0 Å². The Morgan fingerprint density at radius 2 is 2.06 bits per heavy atom. The SMILES string of the molecule is CCCCCOC(=O)C1(CC)OC12CCC2. The minimum atomic E-state index is -0.572. The Labute approximate surface area is 97.5 Å². The van der Waals surface area contributed by atoms with Crippen molar-refractivity contribution in [1.29, 1.82) is 0 Å². The van der Waals surface area contributed by atoms with Crippen molar-refractivity contribution in [2.24, 2.45) is 0 Å². The molecular weight excluding hydrogens is 204 g/mol. The van der Waals surface area contributed by atoms with E-state index in [1.54, 1.807) is 0 Å². The summed E-state index contributed by atoms with van der Waals surface area (Å²) in [6.45, 7) is 4.71. The summed E-state index contributed by atoms with van der Waals surface area (Å²) in [5.41, 5.74) is -0.693. The van der Waals surface area contributed by atoms with Crippen molar-refractivity contribution in [2.45, 2.75) is 70.0 Å². The number of rotatable bonds is 6. The lowest BCUT2D eigenvalue weighted by Gasteiger charge is -2.25. The predicted molar refractivity (Wildman–Crippen MR) is 61.2 cm³/mol. The minimum Gasteiger partial charge on any atom is -0.463 e. The molecule has 2 rings (SSSR count). The molecule has 1 aliphatic heterocycles. The zero-order chi connectivity index (χ0) is 11.6. The summed E-state index contributed by atoms with van der Waals surface area (Å²) in [5.74, 6) is -0.120. The monoisotopic (exact) mass is 226 g/mol. The Morgan fingerprint density at radius 1 is 1.31 bits per heavy atom. The molecule has 0 aromatic rings. The van der Waals surface area contributed by atoms with Gasteiger partial charge in [0.15, 0.2) is 5.60 Å². The third-order valence-corrected chi connectivity index (χ3v) is 4.03. The normalized spacial score (nSPS) is 29.9. The van der Waals surface area contributed by atoms with Crippen molar-refractivity contribution in [3.05, 3.63) is 0 Å². The quantitative estimate of drug-likeness (QED) is 0.397. The number of carbonyl (C=O) groups excluding carboxylic acids is 1. The first-order valence-electron chi connectivity index (χ1n) is 6.58. The lowest BCUT2D eigenvalue weighted by Crippen LogP contribution is -2.39. The Balaban J connectivity index is 1.80. The lowest BCUT2D eigenvalue weighted by molar-refractivity contribution is -0.150. The van der Waals surface area contributed by atoms with Crippen molar-refractivity contribution in [1.82, 2.24) is 0 Å². The van der Waals surface area contributed by atoms with Gasteiger partial charge in [-0.25, -0.2) is 4.79 Å². The summed E-state index contributed by atoms with van der Waals surface area (Å²) in [6, 6.07) is 0. The van der Waals surface area contributed by atoms with Gasteiger partial charge in [0.25, 0.3) is 0 Å². The molecule has 1 unspecified atom stereocenters. The lowest BCUT2D eigenvalue weighted by atomic mass is 9.74. The first-order valence-corrected chi connectivity index (χ1v) is 6.58. The summed E-state index contributed by atoms with van der Waals surface area (Å²) in [7, 11) is 0. The maximum Gasteiger partial charge on any atom is 0.341 e. The van der Waals surface area contributed by atoms with Crippen LogP contribution in [0.3, 0.4) is 0 Å². The van der Waals surface area contributed by atoms with Crippen LogP contribution in [0.2, 0.25) is 0 Å². The highest BCUT2D eigenvalue weighted by Crippen LogP contribution is 2.62. The number of epoxide rings is 1. The molecule has 1 heterocycles. The van der Waals surface area contributed by atoms with Crippen LogP contribution >= 0.6 is 0 Å². The average molecular weight is 226 g/mol. The fourth-order valence-electron chi connectivity index (χ4n) is 2.71. The second-order valence-corrected chi connectivity index (χ2v) is 4.97. The molecule has 16 heavy (non-hydrogen) atoms. The fraction of sp³-hybridized carbons (Fsp3) is 0.923. The van der Waals surface area contributed by atoms with Gasteiger partial charge in [0.2, 0.25) is 0 Å². The van der Waals surface area contributed by atoms with Crippen molar-refractivity contribution in [2.75, 3.05) is 6.61 Å². The predicted octanol–water partition coefficient (Wildman–Crippen LogP) is 2.82. The van der Waals surface area contributed by atoms with E-state index in [4.69, 9.17) is 9.47 Å². The van der Waals surface area contributed by atoms with Crippen LogP contribution in [0.1, 0.15) is 58.8 Å². The van der Waals surface area contributed by atoms with E-state index in [-0.39, 0.29) is 11.6 Å². The second kappa shape index (κ2) is 4.36. The fourth-order valence-corrected chi connectivity index (χ4v) is 2.71. The van der Waals surface area contributed by atoms with Crippen LogP contribution < -0.4 is 0 Å². The zero-order valence-corrected chi connectivity index (χ0v) is 10.4. The molecular formula is C13H22O3. The molecule has 0 aromatic heterocycles. The third-order valence-electron chi connectivity index (χ3n) is 4.03. The number of ether oxygens (including phenoxy) is 2. The minimum absolute atomic E-state index is 0.120. The first-order chi connectivity index (χ1) is 7.71. The van der Waals surface area contributed by atoms with Crippen LogP contribution in [0, 0.1) is 0 Å². The summed E-state index contributed by atoms with van der Waals surface area (Å²) in [5, 5.41) is 0. The van der Waals surface area contributed by atoms with Gasteiger partial charge >= 0.3 is 5.97 Å². The van der Waals surface area contributed by atoms with Crippen molar-refractivity contribution in [3.8, 4) is 0 Å². The van der Waals surface area contributed by atoms with Gasteiger partial charge in [-0.1, -0.05) is 26.7 Å². The van der Waals surface area contributed by atoms with E-state index in [1.807, 2.05) is 6.92 Å². The molecule has 3 heteroatoms. The third kappa shape index (κ3) is 1.65. The van der Waals surface area contributed by atoms with E-state index >= 15 is 0 Å². The van der Waals surface area contributed by atoms with Gasteiger partial charge in [0.1, 0.15) is 5.60 Å². The second-order valence-electron chi connectivity index (χ2n) is 4.97. The van der Waals surface area contributed by atoms with Crippen LogP contribution in [0.25, 0.3) is 0 Å². The molecule has 92 valence electrons. The number of hydrogen-bond donors (Lipinski definition) is 0. The van der Waals surface area contributed by atoms with E-state index < -0.39 is 5.60 Å². The summed E-state index contributed by atoms with van der Waals surface area (Å²) < 4.78 is 11.1. The highest BCUT2D eigenvalue weighted by molar-refractivity contribution is 5.85. The van der Waals surface area contributed by atoms with E-state index in [1.165, 1.54) is 6.42 Å². The number of hydrogen-bond acceptors (Lipinski definition) is 3. The topological polar surface area (TPSA) is 38.8 Å². The largest absolute Gasteiger partial charge is 0.463 e. The first kappa shape index (κ1) is 11.9. The van der Waals surface area contributed by atoms with Crippen LogP contribution in [0.5, 0.6) is 0 Å². The standard InChI is InChI=1S/C13H22O3/c1-3-5-6-10-15-11(14)13(4-2)12(16-13)8-7-9-12/h3-10H2,1-2H3. The van der Waals surface area contributed by atoms with E-state index in [0.29, 0.717) is 6.61 Å². The Kier molecular flexibility index (Phi) is 3.24. The molecule has 0 amide bonds. The molecule has 0 N–H and O–H groups in total. The Morgan fingerprint density at radius 3 is 2.50 bits per heavy atom. The molecule has 0 radical (unpaired) electrons. The van der Waals surface area contributed by atoms with Crippen LogP contribution in [0.4, 0.5) is 0 Å². The van der Waals surface area contributed by atoms with Crippen LogP contribution in [0.15, 0.2) is 0 Å². The van der Waals surface area contributed by atoms with Crippen molar-refractivity contribution >= 4 is 5.97 Å². The highest BCUT2D eigenvalue weighted by Gasteiger charge is 2.76. The number of unbranched alkanes of at least 4 members (excludes halogenated alkanes) is 2. The molecule has 1 spiro atoms. The molecule has 2 aliphatic rings. The summed E-state index contributed by atoms with van der Waals surface area (Å²) in [4.78, 5) is 12.0. The number of carbonyl (C=O) groups is 1. The molecule has 1 aliphatic carbocycles. The molecule has 0 aromatic carbocycles. The van der Waals surface area contributed by atoms with Crippen LogP contribution in [-0.4, -0.2) is 23.8 Å². The van der Waals surface area contributed by atoms with Gasteiger partial charge in [-0.2, -0.15) is 0 Å². The van der Waals surface area contributed by atoms with Gasteiger partial charge in [0.05, 0.1) is 6.61 Å². The Hall–Kier alpha value is -0.570. The van der Waals surface area contributed by atoms with Crippen LogP contribution in [-0.2, 0) is 14.3 Å². The maximum absolute atomic E-state index is 12.0. The van der Waals surface area contributed by atoms with Crippen molar-refractivity contribution < 1.29 is 14.3 Å². The van der Waals surface area contributed by atoms with Gasteiger partial charge < -0.3 is 9.47 Å². The molecule has 1 saturated heterocycles. The van der Waals surface area contributed by atoms with Crippen molar-refractivity contribution in [3.63, 3.8) is 0 Å².